The molecule has 18 heavy (non-hydrogen) atoms. The van der Waals surface area contributed by atoms with Gasteiger partial charge in [0, 0.05) is 0 Å². The van der Waals surface area contributed by atoms with Crippen LogP contribution in [0.5, 0.6) is 11.5 Å². The summed E-state index contributed by atoms with van der Waals surface area (Å²) in [6.45, 7) is 0. The Hall–Kier alpha value is -1.44. The van der Waals surface area contributed by atoms with Gasteiger partial charge in [0.2, 0.25) is 0 Å². The summed E-state index contributed by atoms with van der Waals surface area (Å²) in [5.41, 5.74) is 2.65. The number of ether oxygens (including phenoxy) is 1. The first-order chi connectivity index (χ1) is 8.78. The molecule has 2 rings (SSSR count). The SMILES string of the molecule is COc1ccc(C[Se]Cc2ccc(O)cc2)cc1. The van der Waals surface area contributed by atoms with Gasteiger partial charge in [-0.2, -0.15) is 0 Å². The third-order valence-electron chi connectivity index (χ3n) is 2.63. The number of rotatable bonds is 5. The first-order valence-corrected chi connectivity index (χ1v) is 8.19. The van der Waals surface area contributed by atoms with Crippen LogP contribution in [0, 0.1) is 0 Å². The quantitative estimate of drug-likeness (QED) is 0.861. The zero-order valence-electron chi connectivity index (χ0n) is 10.3. The van der Waals surface area contributed by atoms with Crippen molar-refractivity contribution in [1.29, 1.82) is 0 Å². The van der Waals surface area contributed by atoms with Crippen molar-refractivity contribution in [1.82, 2.24) is 0 Å². The molecule has 0 atom stereocenters. The molecule has 2 aromatic carbocycles. The molecular formula is C15H16O2Se. The Balaban J connectivity index is 1.82. The Labute approximate surface area is 114 Å². The van der Waals surface area contributed by atoms with Crippen molar-refractivity contribution < 1.29 is 9.84 Å². The Bertz CT molecular complexity index is 477. The summed E-state index contributed by atoms with van der Waals surface area (Å²) in [6.07, 6.45) is 0. The molecule has 2 aromatic rings. The molecule has 0 spiro atoms. The molecule has 0 heterocycles. The van der Waals surface area contributed by atoms with Crippen LogP contribution < -0.4 is 4.74 Å². The van der Waals surface area contributed by atoms with E-state index in [1.54, 1.807) is 19.2 Å². The zero-order valence-corrected chi connectivity index (χ0v) is 12.0. The summed E-state index contributed by atoms with van der Waals surface area (Å²) in [5.74, 6) is 1.24. The topological polar surface area (TPSA) is 29.5 Å². The van der Waals surface area contributed by atoms with E-state index in [1.165, 1.54) is 11.1 Å². The number of phenolic OH excluding ortho intramolecular Hbond substituents is 1. The van der Waals surface area contributed by atoms with Gasteiger partial charge >= 0.3 is 114 Å². The van der Waals surface area contributed by atoms with Gasteiger partial charge in [-0.25, -0.2) is 0 Å². The molecule has 0 bridgehead atoms. The summed E-state index contributed by atoms with van der Waals surface area (Å²) in [5, 5.41) is 11.4. The maximum atomic E-state index is 9.20. The van der Waals surface area contributed by atoms with E-state index in [1.807, 2.05) is 24.3 Å². The summed E-state index contributed by atoms with van der Waals surface area (Å²) in [6, 6.07) is 15.7. The molecule has 3 heteroatoms. The van der Waals surface area contributed by atoms with Crippen LogP contribution in [-0.4, -0.2) is 27.2 Å². The van der Waals surface area contributed by atoms with E-state index in [9.17, 15) is 5.11 Å². The molecule has 0 amide bonds. The van der Waals surface area contributed by atoms with Crippen LogP contribution in [0.15, 0.2) is 48.5 Å². The van der Waals surface area contributed by atoms with Crippen LogP contribution in [0.1, 0.15) is 11.1 Å². The third kappa shape index (κ3) is 3.79. The maximum absolute atomic E-state index is 9.20. The van der Waals surface area contributed by atoms with Crippen LogP contribution in [0.4, 0.5) is 0 Å². The van der Waals surface area contributed by atoms with Crippen molar-refractivity contribution in [2.24, 2.45) is 0 Å². The molecule has 0 aromatic heterocycles. The van der Waals surface area contributed by atoms with Crippen LogP contribution >= 0.6 is 0 Å². The van der Waals surface area contributed by atoms with Crippen LogP contribution in [0.2, 0.25) is 0 Å². The molecular weight excluding hydrogens is 291 g/mol. The van der Waals surface area contributed by atoms with E-state index in [2.05, 4.69) is 12.1 Å². The van der Waals surface area contributed by atoms with Crippen LogP contribution in [0.3, 0.4) is 0 Å². The number of hydrogen-bond acceptors (Lipinski definition) is 2. The van der Waals surface area contributed by atoms with Crippen molar-refractivity contribution in [3.8, 4) is 11.5 Å². The normalized spacial score (nSPS) is 10.3. The predicted molar refractivity (Wildman–Crippen MR) is 74.3 cm³/mol. The number of phenols is 1. The zero-order chi connectivity index (χ0) is 12.8. The molecule has 0 saturated carbocycles. The van der Waals surface area contributed by atoms with Crippen LogP contribution in [0.25, 0.3) is 0 Å². The summed E-state index contributed by atoms with van der Waals surface area (Å²) in [7, 11) is 1.68. The van der Waals surface area contributed by atoms with Gasteiger partial charge in [-0.05, 0) is 0 Å². The van der Waals surface area contributed by atoms with Crippen molar-refractivity contribution in [2.45, 2.75) is 10.6 Å². The fourth-order valence-electron chi connectivity index (χ4n) is 1.60. The van der Waals surface area contributed by atoms with Gasteiger partial charge in [0.05, 0.1) is 0 Å². The van der Waals surface area contributed by atoms with E-state index in [0.29, 0.717) is 20.7 Å². The van der Waals surface area contributed by atoms with E-state index in [0.717, 1.165) is 16.4 Å². The molecule has 1 N–H and O–H groups in total. The average Bonchev–Trinajstić information content (AvgIpc) is 2.42. The van der Waals surface area contributed by atoms with E-state index >= 15 is 0 Å². The number of methoxy groups -OCH3 is 1. The second kappa shape index (κ2) is 6.48. The van der Waals surface area contributed by atoms with Gasteiger partial charge in [0.25, 0.3) is 0 Å². The Kier molecular flexibility index (Phi) is 4.68. The molecule has 0 unspecified atom stereocenters. The molecule has 0 fully saturated rings. The standard InChI is InChI=1S/C15H16O2Se/c1-17-15-8-4-13(5-9-15)11-18-10-12-2-6-14(16)7-3-12/h2-9,16H,10-11H2,1H3. The Morgan fingerprint density at radius 2 is 1.39 bits per heavy atom. The monoisotopic (exact) mass is 308 g/mol. The van der Waals surface area contributed by atoms with Crippen molar-refractivity contribution in [3.05, 3.63) is 59.7 Å². The van der Waals surface area contributed by atoms with E-state index < -0.39 is 0 Å². The number of benzene rings is 2. The van der Waals surface area contributed by atoms with Crippen molar-refractivity contribution >= 4 is 15.0 Å². The molecule has 2 nitrogen and oxygen atoms in total. The Morgan fingerprint density at radius 3 is 1.89 bits per heavy atom. The third-order valence-corrected chi connectivity index (χ3v) is 4.89. The van der Waals surface area contributed by atoms with Gasteiger partial charge in [-0.15, -0.1) is 0 Å². The predicted octanol–water partition coefficient (Wildman–Crippen LogP) is 2.81. The first-order valence-electron chi connectivity index (χ1n) is 5.76. The van der Waals surface area contributed by atoms with Gasteiger partial charge in [-0.1, -0.05) is 0 Å². The second-order valence-electron chi connectivity index (χ2n) is 4.01. The minimum atomic E-state index is 0.335. The fraction of sp³-hybridized carbons (Fsp3) is 0.200. The van der Waals surface area contributed by atoms with E-state index in [4.69, 9.17) is 4.74 Å². The van der Waals surface area contributed by atoms with Crippen molar-refractivity contribution in [3.63, 3.8) is 0 Å². The van der Waals surface area contributed by atoms with Gasteiger partial charge in [0.1, 0.15) is 0 Å². The molecule has 94 valence electrons. The van der Waals surface area contributed by atoms with Crippen LogP contribution in [-0.2, 0) is 10.6 Å². The fourth-order valence-corrected chi connectivity index (χ4v) is 3.61. The molecule has 0 saturated heterocycles. The number of hydrogen-bond donors (Lipinski definition) is 1. The average molecular weight is 307 g/mol. The summed E-state index contributed by atoms with van der Waals surface area (Å²) >= 11 is 0.547. The van der Waals surface area contributed by atoms with E-state index in [-0.39, 0.29) is 0 Å². The van der Waals surface area contributed by atoms with Gasteiger partial charge in [-0.3, -0.25) is 0 Å². The minimum absolute atomic E-state index is 0.335. The molecule has 0 radical (unpaired) electrons. The molecule has 0 aliphatic rings. The van der Waals surface area contributed by atoms with Crippen molar-refractivity contribution in [2.75, 3.05) is 7.11 Å². The summed E-state index contributed by atoms with van der Waals surface area (Å²) in [4.78, 5) is 0. The van der Waals surface area contributed by atoms with Gasteiger partial charge < -0.3 is 0 Å². The number of aromatic hydroxyl groups is 1. The second-order valence-corrected chi connectivity index (χ2v) is 6.08. The Morgan fingerprint density at radius 1 is 0.889 bits per heavy atom. The molecule has 0 aliphatic carbocycles. The first kappa shape index (κ1) is 13.0. The summed E-state index contributed by atoms with van der Waals surface area (Å²) < 4.78 is 5.14. The van der Waals surface area contributed by atoms with Gasteiger partial charge in [0.15, 0.2) is 0 Å². The molecule has 0 aliphatic heterocycles.